The van der Waals surface area contributed by atoms with Gasteiger partial charge in [0.05, 0.1) is 5.69 Å². The Kier molecular flexibility index (Phi) is 5.29. The highest BCUT2D eigenvalue weighted by Crippen LogP contribution is 2.24. The Morgan fingerprint density at radius 3 is 2.58 bits per heavy atom. The minimum atomic E-state index is 0.580. The monoisotopic (exact) mass is 339 g/mol. The van der Waals surface area contributed by atoms with E-state index in [4.69, 9.17) is 16.3 Å². The number of nitrogens with one attached hydrogen (secondary N) is 1. The lowest BCUT2D eigenvalue weighted by molar-refractivity contribution is 0.482. The molecular weight excluding hydrogens is 322 g/mol. The van der Waals surface area contributed by atoms with Crippen molar-refractivity contribution in [3.63, 3.8) is 0 Å². The van der Waals surface area contributed by atoms with Crippen LogP contribution in [0.2, 0.25) is 5.02 Å². The number of halogens is 1. The average molecular weight is 340 g/mol. The van der Waals surface area contributed by atoms with Crippen LogP contribution in [-0.4, -0.2) is 9.97 Å². The Labute approximate surface area is 146 Å². The van der Waals surface area contributed by atoms with Crippen LogP contribution in [0.4, 0.5) is 5.82 Å². The molecule has 0 atom stereocenters. The molecular formula is C19H18ClN3O. The van der Waals surface area contributed by atoms with E-state index in [0.29, 0.717) is 17.4 Å². The van der Waals surface area contributed by atoms with Crippen molar-refractivity contribution in [2.24, 2.45) is 0 Å². The fourth-order valence-corrected chi connectivity index (χ4v) is 2.60. The summed E-state index contributed by atoms with van der Waals surface area (Å²) in [5.41, 5.74) is 1.92. The van der Waals surface area contributed by atoms with E-state index in [-0.39, 0.29) is 0 Å². The molecule has 0 saturated heterocycles. The Balaban J connectivity index is 1.69. The maximum absolute atomic E-state index is 6.30. The first kappa shape index (κ1) is 16.3. The first-order valence-electron chi connectivity index (χ1n) is 7.81. The fraction of sp³-hybridized carbons (Fsp3) is 0.158. The molecule has 5 heteroatoms. The minimum absolute atomic E-state index is 0.580. The third-order valence-corrected chi connectivity index (χ3v) is 3.93. The summed E-state index contributed by atoms with van der Waals surface area (Å²) in [7, 11) is 0. The fourth-order valence-electron chi connectivity index (χ4n) is 2.31. The molecule has 1 heterocycles. The van der Waals surface area contributed by atoms with Crippen LogP contribution in [-0.2, 0) is 13.0 Å². The Morgan fingerprint density at radius 2 is 1.79 bits per heavy atom. The van der Waals surface area contributed by atoms with Gasteiger partial charge in [-0.2, -0.15) is 0 Å². The number of hydrogen-bond donors (Lipinski definition) is 1. The number of anilines is 1. The van der Waals surface area contributed by atoms with E-state index in [1.807, 2.05) is 61.5 Å². The van der Waals surface area contributed by atoms with E-state index in [9.17, 15) is 0 Å². The number of rotatable bonds is 6. The number of para-hydroxylation sites is 1. The van der Waals surface area contributed by atoms with Crippen LogP contribution in [0.5, 0.6) is 11.5 Å². The van der Waals surface area contributed by atoms with Crippen molar-refractivity contribution in [1.82, 2.24) is 9.97 Å². The van der Waals surface area contributed by atoms with Gasteiger partial charge in [0, 0.05) is 6.54 Å². The standard InChI is InChI=1S/C19H18ClN3O/c1-2-17-18(20)19(23-13-22-17)21-12-14-7-6-10-16(11-14)24-15-8-4-3-5-9-15/h3-11,13H,2,12H2,1H3,(H,21,22,23). The van der Waals surface area contributed by atoms with Gasteiger partial charge in [-0.3, -0.25) is 0 Å². The molecule has 0 aliphatic rings. The summed E-state index contributed by atoms with van der Waals surface area (Å²) in [4.78, 5) is 8.38. The van der Waals surface area contributed by atoms with Crippen LogP contribution in [0.3, 0.4) is 0 Å². The molecule has 2 aromatic carbocycles. The lowest BCUT2D eigenvalue weighted by Gasteiger charge is -2.11. The molecule has 1 N–H and O–H groups in total. The summed E-state index contributed by atoms with van der Waals surface area (Å²) >= 11 is 6.30. The van der Waals surface area contributed by atoms with Crippen LogP contribution in [0.1, 0.15) is 18.2 Å². The van der Waals surface area contributed by atoms with Crippen molar-refractivity contribution in [3.8, 4) is 11.5 Å². The van der Waals surface area contributed by atoms with Gasteiger partial charge in [-0.1, -0.05) is 48.9 Å². The number of ether oxygens (including phenoxy) is 1. The van der Waals surface area contributed by atoms with Gasteiger partial charge >= 0.3 is 0 Å². The number of aromatic nitrogens is 2. The van der Waals surface area contributed by atoms with E-state index in [2.05, 4.69) is 15.3 Å². The molecule has 3 rings (SSSR count). The molecule has 122 valence electrons. The molecule has 0 saturated carbocycles. The van der Waals surface area contributed by atoms with Crippen LogP contribution in [0.25, 0.3) is 0 Å². The highest BCUT2D eigenvalue weighted by molar-refractivity contribution is 6.33. The molecule has 24 heavy (non-hydrogen) atoms. The number of benzene rings is 2. The Morgan fingerprint density at radius 1 is 1.00 bits per heavy atom. The first-order chi connectivity index (χ1) is 11.8. The van der Waals surface area contributed by atoms with Crippen molar-refractivity contribution in [1.29, 1.82) is 0 Å². The Hall–Kier alpha value is -2.59. The predicted octanol–water partition coefficient (Wildman–Crippen LogP) is 5.10. The largest absolute Gasteiger partial charge is 0.457 e. The van der Waals surface area contributed by atoms with Crippen molar-refractivity contribution in [2.45, 2.75) is 19.9 Å². The van der Waals surface area contributed by atoms with Crippen molar-refractivity contribution in [2.75, 3.05) is 5.32 Å². The van der Waals surface area contributed by atoms with Gasteiger partial charge in [0.15, 0.2) is 0 Å². The van der Waals surface area contributed by atoms with Gasteiger partial charge in [0.2, 0.25) is 0 Å². The minimum Gasteiger partial charge on any atom is -0.457 e. The van der Waals surface area contributed by atoms with Gasteiger partial charge < -0.3 is 10.1 Å². The second kappa shape index (κ2) is 7.79. The van der Waals surface area contributed by atoms with Crippen molar-refractivity contribution < 1.29 is 4.74 Å². The highest BCUT2D eigenvalue weighted by atomic mass is 35.5. The quantitative estimate of drug-likeness (QED) is 0.679. The molecule has 0 aliphatic carbocycles. The molecule has 1 aromatic heterocycles. The molecule has 0 spiro atoms. The van der Waals surface area contributed by atoms with Crippen LogP contribution in [0, 0.1) is 0 Å². The summed E-state index contributed by atoms with van der Waals surface area (Å²) in [6.07, 6.45) is 2.30. The van der Waals surface area contributed by atoms with Crippen LogP contribution >= 0.6 is 11.6 Å². The zero-order chi connectivity index (χ0) is 16.8. The predicted molar refractivity (Wildman–Crippen MR) is 96.7 cm³/mol. The van der Waals surface area contributed by atoms with E-state index in [1.165, 1.54) is 6.33 Å². The summed E-state index contributed by atoms with van der Waals surface area (Å²) in [5, 5.41) is 3.84. The second-order valence-corrected chi connectivity index (χ2v) is 5.63. The third-order valence-electron chi connectivity index (χ3n) is 3.53. The summed E-state index contributed by atoms with van der Waals surface area (Å²) in [6.45, 7) is 2.62. The molecule has 3 aromatic rings. The zero-order valence-electron chi connectivity index (χ0n) is 13.4. The van der Waals surface area contributed by atoms with Crippen LogP contribution in [0.15, 0.2) is 60.9 Å². The van der Waals surface area contributed by atoms with Crippen molar-refractivity contribution >= 4 is 17.4 Å². The molecule has 0 radical (unpaired) electrons. The average Bonchev–Trinajstić information content (AvgIpc) is 2.62. The number of hydrogen-bond acceptors (Lipinski definition) is 4. The van der Waals surface area contributed by atoms with E-state index in [0.717, 1.165) is 29.2 Å². The van der Waals surface area contributed by atoms with E-state index >= 15 is 0 Å². The summed E-state index contributed by atoms with van der Waals surface area (Å²) < 4.78 is 5.85. The van der Waals surface area contributed by atoms with Gasteiger partial charge in [-0.15, -0.1) is 0 Å². The highest BCUT2D eigenvalue weighted by Gasteiger charge is 2.07. The molecule has 0 fully saturated rings. The van der Waals surface area contributed by atoms with E-state index < -0.39 is 0 Å². The smallest absolute Gasteiger partial charge is 0.148 e. The molecule has 4 nitrogen and oxygen atoms in total. The maximum atomic E-state index is 6.30. The molecule has 0 aliphatic heterocycles. The molecule has 0 bridgehead atoms. The number of aryl methyl sites for hydroxylation is 1. The SMILES string of the molecule is CCc1ncnc(NCc2cccc(Oc3ccccc3)c2)c1Cl. The normalized spacial score (nSPS) is 10.4. The van der Waals surface area contributed by atoms with Gasteiger partial charge in [0.1, 0.15) is 28.7 Å². The lowest BCUT2D eigenvalue weighted by Crippen LogP contribution is -2.04. The maximum Gasteiger partial charge on any atom is 0.148 e. The summed E-state index contributed by atoms with van der Waals surface area (Å²) in [6, 6.07) is 17.6. The molecule has 0 amide bonds. The summed E-state index contributed by atoms with van der Waals surface area (Å²) in [5.74, 6) is 2.26. The van der Waals surface area contributed by atoms with Gasteiger partial charge in [0.25, 0.3) is 0 Å². The zero-order valence-corrected chi connectivity index (χ0v) is 14.1. The molecule has 0 unspecified atom stereocenters. The van der Waals surface area contributed by atoms with Crippen LogP contribution < -0.4 is 10.1 Å². The third kappa shape index (κ3) is 4.03. The topological polar surface area (TPSA) is 47.0 Å². The lowest BCUT2D eigenvalue weighted by atomic mass is 10.2. The first-order valence-corrected chi connectivity index (χ1v) is 8.19. The Bertz CT molecular complexity index is 809. The van der Waals surface area contributed by atoms with Crippen molar-refractivity contribution in [3.05, 3.63) is 77.2 Å². The van der Waals surface area contributed by atoms with Gasteiger partial charge in [-0.05, 0) is 36.2 Å². The van der Waals surface area contributed by atoms with Gasteiger partial charge in [-0.25, -0.2) is 9.97 Å². The second-order valence-electron chi connectivity index (χ2n) is 5.25. The van der Waals surface area contributed by atoms with E-state index in [1.54, 1.807) is 0 Å². The number of nitrogens with zero attached hydrogens (tertiary/aromatic N) is 2.